The van der Waals surface area contributed by atoms with Crippen molar-refractivity contribution >= 4 is 12.1 Å². The molecular formula is C14H22N4O4. The topological polar surface area (TPSA) is 86.6 Å². The summed E-state index contributed by atoms with van der Waals surface area (Å²) in [5, 5.41) is 4.13. The predicted octanol–water partition coefficient (Wildman–Crippen LogP) is 1.64. The predicted molar refractivity (Wildman–Crippen MR) is 77.4 cm³/mol. The van der Waals surface area contributed by atoms with Gasteiger partial charge in [0.05, 0.1) is 12.6 Å². The Bertz CT molecular complexity index is 549. The summed E-state index contributed by atoms with van der Waals surface area (Å²) in [4.78, 5) is 29.2. The fourth-order valence-electron chi connectivity index (χ4n) is 2.19. The van der Waals surface area contributed by atoms with Crippen LogP contribution in [0.1, 0.15) is 50.8 Å². The van der Waals surface area contributed by atoms with Gasteiger partial charge in [-0.15, -0.1) is 5.10 Å². The van der Waals surface area contributed by atoms with Gasteiger partial charge in [0.2, 0.25) is 0 Å². The van der Waals surface area contributed by atoms with Crippen molar-refractivity contribution in [2.75, 3.05) is 19.7 Å². The number of amides is 1. The average molecular weight is 310 g/mol. The number of rotatable bonds is 3. The first-order chi connectivity index (χ1) is 10.3. The van der Waals surface area contributed by atoms with Crippen LogP contribution in [0.2, 0.25) is 0 Å². The number of likely N-dealkylation sites (tertiary alicyclic amines) is 1. The highest BCUT2D eigenvalue weighted by Crippen LogP contribution is 2.22. The quantitative estimate of drug-likeness (QED) is 0.789. The standard InChI is InChI=1S/C14H22N4O4/c1-5-21-12(19)11-15-9-18(16-11)10-6-7-17(8-10)13(20)22-14(2,3)4/h9-10H,5-8H2,1-4H3. The van der Waals surface area contributed by atoms with Gasteiger partial charge in [-0.25, -0.2) is 19.3 Å². The molecule has 1 fully saturated rings. The summed E-state index contributed by atoms with van der Waals surface area (Å²) in [5.74, 6) is -0.499. The largest absolute Gasteiger partial charge is 0.460 e. The van der Waals surface area contributed by atoms with Crippen LogP contribution in [0.4, 0.5) is 4.79 Å². The fraction of sp³-hybridized carbons (Fsp3) is 0.714. The molecule has 1 aromatic rings. The van der Waals surface area contributed by atoms with Crippen molar-refractivity contribution < 1.29 is 19.1 Å². The van der Waals surface area contributed by atoms with Crippen molar-refractivity contribution in [2.45, 2.75) is 45.8 Å². The maximum absolute atomic E-state index is 12.0. The highest BCUT2D eigenvalue weighted by atomic mass is 16.6. The monoisotopic (exact) mass is 310 g/mol. The summed E-state index contributed by atoms with van der Waals surface area (Å²) in [5.41, 5.74) is -0.514. The van der Waals surface area contributed by atoms with E-state index in [1.807, 2.05) is 20.8 Å². The van der Waals surface area contributed by atoms with Crippen molar-refractivity contribution in [1.82, 2.24) is 19.7 Å². The van der Waals surface area contributed by atoms with Gasteiger partial charge in [-0.05, 0) is 34.1 Å². The molecule has 0 aliphatic carbocycles. The number of carbonyl (C=O) groups is 2. The Morgan fingerprint density at radius 2 is 2.14 bits per heavy atom. The van der Waals surface area contributed by atoms with E-state index in [1.54, 1.807) is 16.5 Å². The zero-order chi connectivity index (χ0) is 16.3. The van der Waals surface area contributed by atoms with Gasteiger partial charge in [-0.1, -0.05) is 0 Å². The molecule has 0 N–H and O–H groups in total. The van der Waals surface area contributed by atoms with Gasteiger partial charge in [0.1, 0.15) is 11.9 Å². The van der Waals surface area contributed by atoms with Crippen molar-refractivity contribution in [3.05, 3.63) is 12.2 Å². The first-order valence-electron chi connectivity index (χ1n) is 7.36. The minimum atomic E-state index is -0.539. The van der Waals surface area contributed by atoms with Crippen molar-refractivity contribution in [1.29, 1.82) is 0 Å². The van der Waals surface area contributed by atoms with E-state index in [0.717, 1.165) is 6.42 Å². The number of nitrogens with zero attached hydrogens (tertiary/aromatic N) is 4. The van der Waals surface area contributed by atoms with Crippen LogP contribution in [0.15, 0.2) is 6.33 Å². The van der Waals surface area contributed by atoms with Gasteiger partial charge in [-0.3, -0.25) is 0 Å². The summed E-state index contributed by atoms with van der Waals surface area (Å²) in [6, 6.07) is -0.0109. The third-order valence-electron chi connectivity index (χ3n) is 3.16. The molecule has 0 saturated carbocycles. The zero-order valence-corrected chi connectivity index (χ0v) is 13.4. The van der Waals surface area contributed by atoms with Crippen LogP contribution < -0.4 is 0 Å². The molecule has 1 amide bonds. The highest BCUT2D eigenvalue weighted by molar-refractivity contribution is 5.84. The summed E-state index contributed by atoms with van der Waals surface area (Å²) < 4.78 is 11.8. The molecule has 0 bridgehead atoms. The van der Waals surface area contributed by atoms with Crippen LogP contribution in [0, 0.1) is 0 Å². The van der Waals surface area contributed by atoms with Crippen molar-refractivity contribution in [2.24, 2.45) is 0 Å². The molecular weight excluding hydrogens is 288 g/mol. The lowest BCUT2D eigenvalue weighted by molar-refractivity contribution is 0.0287. The van der Waals surface area contributed by atoms with E-state index in [9.17, 15) is 9.59 Å². The molecule has 1 saturated heterocycles. The van der Waals surface area contributed by atoms with Crippen LogP contribution in [-0.4, -0.2) is 57.0 Å². The second-order valence-corrected chi connectivity index (χ2v) is 6.14. The Morgan fingerprint density at radius 1 is 1.41 bits per heavy atom. The van der Waals surface area contributed by atoms with Crippen LogP contribution in [0.25, 0.3) is 0 Å². The first kappa shape index (κ1) is 16.3. The Labute approximate surface area is 129 Å². The minimum absolute atomic E-state index is 0.0109. The SMILES string of the molecule is CCOC(=O)c1ncn(C2CCN(C(=O)OC(C)(C)C)C2)n1. The molecule has 0 radical (unpaired) electrons. The number of esters is 1. The maximum Gasteiger partial charge on any atom is 0.410 e. The van der Waals surface area contributed by atoms with E-state index in [2.05, 4.69) is 10.1 Å². The highest BCUT2D eigenvalue weighted by Gasteiger charge is 2.31. The number of aromatic nitrogens is 3. The number of carbonyl (C=O) groups excluding carboxylic acids is 2. The van der Waals surface area contributed by atoms with Gasteiger partial charge >= 0.3 is 12.1 Å². The van der Waals surface area contributed by atoms with Gasteiger partial charge in [0.25, 0.3) is 5.82 Å². The van der Waals surface area contributed by atoms with Gasteiger partial charge in [-0.2, -0.15) is 0 Å². The van der Waals surface area contributed by atoms with E-state index in [1.165, 1.54) is 6.33 Å². The van der Waals surface area contributed by atoms with Gasteiger partial charge < -0.3 is 14.4 Å². The van der Waals surface area contributed by atoms with Crippen LogP contribution in [0.3, 0.4) is 0 Å². The first-order valence-corrected chi connectivity index (χ1v) is 7.36. The molecule has 8 heteroatoms. The summed E-state index contributed by atoms with van der Waals surface area (Å²) >= 11 is 0. The Hall–Kier alpha value is -2.12. The van der Waals surface area contributed by atoms with Crippen molar-refractivity contribution in [3.63, 3.8) is 0 Å². The number of ether oxygens (including phenoxy) is 2. The summed E-state index contributed by atoms with van der Waals surface area (Å²) in [6.07, 6.45) is 1.90. The van der Waals surface area contributed by atoms with Gasteiger partial charge in [0, 0.05) is 13.1 Å². The van der Waals surface area contributed by atoms with E-state index in [-0.39, 0.29) is 24.6 Å². The maximum atomic E-state index is 12.0. The van der Waals surface area contributed by atoms with Crippen LogP contribution in [-0.2, 0) is 9.47 Å². The Kier molecular flexibility index (Phi) is 4.68. The lowest BCUT2D eigenvalue weighted by atomic mass is 10.2. The molecule has 2 heterocycles. The van der Waals surface area contributed by atoms with E-state index in [0.29, 0.717) is 13.1 Å². The van der Waals surface area contributed by atoms with E-state index in [4.69, 9.17) is 9.47 Å². The second-order valence-electron chi connectivity index (χ2n) is 6.14. The lowest BCUT2D eigenvalue weighted by Gasteiger charge is -2.24. The van der Waals surface area contributed by atoms with Crippen molar-refractivity contribution in [3.8, 4) is 0 Å². The van der Waals surface area contributed by atoms with E-state index >= 15 is 0 Å². The fourth-order valence-corrected chi connectivity index (χ4v) is 2.19. The number of hydrogen-bond donors (Lipinski definition) is 0. The van der Waals surface area contributed by atoms with E-state index < -0.39 is 11.6 Å². The molecule has 1 aliphatic rings. The smallest absolute Gasteiger partial charge is 0.410 e. The third kappa shape index (κ3) is 3.96. The van der Waals surface area contributed by atoms with Crippen LogP contribution >= 0.6 is 0 Å². The molecule has 0 spiro atoms. The molecule has 0 aromatic carbocycles. The Morgan fingerprint density at radius 3 is 2.77 bits per heavy atom. The second kappa shape index (κ2) is 6.33. The zero-order valence-electron chi connectivity index (χ0n) is 13.4. The molecule has 1 unspecified atom stereocenters. The average Bonchev–Trinajstić information content (AvgIpc) is 3.06. The molecule has 2 rings (SSSR count). The summed E-state index contributed by atoms with van der Waals surface area (Å²) in [7, 11) is 0. The number of hydrogen-bond acceptors (Lipinski definition) is 6. The molecule has 1 aromatic heterocycles. The van der Waals surface area contributed by atoms with Crippen LogP contribution in [0.5, 0.6) is 0 Å². The molecule has 8 nitrogen and oxygen atoms in total. The minimum Gasteiger partial charge on any atom is -0.460 e. The molecule has 122 valence electrons. The van der Waals surface area contributed by atoms with Gasteiger partial charge in [0.15, 0.2) is 0 Å². The summed E-state index contributed by atoms with van der Waals surface area (Å²) in [6.45, 7) is 8.59. The molecule has 1 aliphatic heterocycles. The normalized spacial score (nSPS) is 18.4. The lowest BCUT2D eigenvalue weighted by Crippen LogP contribution is -2.35. The molecule has 22 heavy (non-hydrogen) atoms. The third-order valence-corrected chi connectivity index (χ3v) is 3.16. The molecule has 1 atom stereocenters. The Balaban J connectivity index is 1.96.